The summed E-state index contributed by atoms with van der Waals surface area (Å²) in [6.07, 6.45) is 3.34. The summed E-state index contributed by atoms with van der Waals surface area (Å²) in [6.45, 7) is 9.35. The molecule has 2 heterocycles. The summed E-state index contributed by atoms with van der Waals surface area (Å²) in [5.74, 6) is 0. The Morgan fingerprint density at radius 2 is 2.22 bits per heavy atom. The molecule has 4 heteroatoms. The fourth-order valence-corrected chi connectivity index (χ4v) is 2.75. The van der Waals surface area contributed by atoms with Crippen molar-refractivity contribution in [3.8, 4) is 0 Å². The average molecular weight is 263 g/mol. The van der Waals surface area contributed by atoms with Crippen molar-refractivity contribution >= 4 is 11.3 Å². The van der Waals surface area contributed by atoms with Crippen molar-refractivity contribution in [2.75, 3.05) is 6.54 Å². The number of rotatable bonds is 6. The van der Waals surface area contributed by atoms with Crippen LogP contribution in [0.3, 0.4) is 0 Å². The zero-order valence-corrected chi connectivity index (χ0v) is 12.2. The van der Waals surface area contributed by atoms with Gasteiger partial charge in [0, 0.05) is 29.5 Å². The van der Waals surface area contributed by atoms with Gasteiger partial charge in [0.1, 0.15) is 5.01 Å². The summed E-state index contributed by atoms with van der Waals surface area (Å²) in [7, 11) is 0. The SMILES string of the molecule is CCCNCc1ccn(Cc2nc(C)cs2)c1C. The summed E-state index contributed by atoms with van der Waals surface area (Å²) in [5.41, 5.74) is 3.84. The molecule has 0 bridgehead atoms. The molecule has 2 rings (SSSR count). The van der Waals surface area contributed by atoms with E-state index in [0.717, 1.165) is 25.3 Å². The first-order valence-electron chi connectivity index (χ1n) is 6.47. The fraction of sp³-hybridized carbons (Fsp3) is 0.500. The Kier molecular flexibility index (Phi) is 4.55. The van der Waals surface area contributed by atoms with Gasteiger partial charge in [0.05, 0.1) is 6.54 Å². The van der Waals surface area contributed by atoms with E-state index in [0.29, 0.717) is 0 Å². The van der Waals surface area contributed by atoms with Crippen LogP contribution in [0.4, 0.5) is 0 Å². The van der Waals surface area contributed by atoms with Crippen LogP contribution in [-0.2, 0) is 13.1 Å². The highest BCUT2D eigenvalue weighted by Crippen LogP contribution is 2.15. The van der Waals surface area contributed by atoms with Crippen molar-refractivity contribution in [1.29, 1.82) is 0 Å². The minimum atomic E-state index is 0.887. The monoisotopic (exact) mass is 263 g/mol. The minimum Gasteiger partial charge on any atom is -0.345 e. The summed E-state index contributed by atoms with van der Waals surface area (Å²) in [5, 5.41) is 6.74. The van der Waals surface area contributed by atoms with Crippen molar-refractivity contribution in [2.45, 2.75) is 40.3 Å². The number of nitrogens with zero attached hydrogens (tertiary/aromatic N) is 2. The third-order valence-electron chi connectivity index (χ3n) is 3.07. The molecule has 0 unspecified atom stereocenters. The topological polar surface area (TPSA) is 29.9 Å². The maximum Gasteiger partial charge on any atom is 0.113 e. The Hall–Kier alpha value is -1.13. The molecule has 18 heavy (non-hydrogen) atoms. The number of aryl methyl sites for hydroxylation is 1. The number of hydrogen-bond donors (Lipinski definition) is 1. The first-order valence-corrected chi connectivity index (χ1v) is 7.35. The number of nitrogens with one attached hydrogen (secondary N) is 1. The summed E-state index contributed by atoms with van der Waals surface area (Å²) >= 11 is 1.74. The van der Waals surface area contributed by atoms with Crippen molar-refractivity contribution in [3.63, 3.8) is 0 Å². The number of hydrogen-bond acceptors (Lipinski definition) is 3. The van der Waals surface area contributed by atoms with Crippen LogP contribution < -0.4 is 5.32 Å². The highest BCUT2D eigenvalue weighted by Gasteiger charge is 2.06. The molecule has 0 amide bonds. The van der Waals surface area contributed by atoms with E-state index in [1.54, 1.807) is 11.3 Å². The van der Waals surface area contributed by atoms with Crippen LogP contribution in [-0.4, -0.2) is 16.1 Å². The van der Waals surface area contributed by atoms with Crippen LogP contribution in [0.2, 0.25) is 0 Å². The van der Waals surface area contributed by atoms with E-state index in [9.17, 15) is 0 Å². The summed E-state index contributed by atoms with van der Waals surface area (Å²) in [6, 6.07) is 2.21. The van der Waals surface area contributed by atoms with E-state index >= 15 is 0 Å². The molecule has 0 aliphatic carbocycles. The number of aromatic nitrogens is 2. The molecule has 0 spiro atoms. The molecule has 0 radical (unpaired) electrons. The van der Waals surface area contributed by atoms with E-state index < -0.39 is 0 Å². The van der Waals surface area contributed by atoms with E-state index in [-0.39, 0.29) is 0 Å². The van der Waals surface area contributed by atoms with Crippen molar-refractivity contribution in [3.05, 3.63) is 39.6 Å². The van der Waals surface area contributed by atoms with Gasteiger partial charge in [-0.05, 0) is 38.4 Å². The zero-order valence-electron chi connectivity index (χ0n) is 11.4. The molecule has 0 aromatic carbocycles. The van der Waals surface area contributed by atoms with Crippen LogP contribution >= 0.6 is 11.3 Å². The Balaban J connectivity index is 2.01. The fourth-order valence-electron chi connectivity index (χ4n) is 1.98. The molecule has 0 saturated carbocycles. The highest BCUT2D eigenvalue weighted by atomic mass is 32.1. The quantitative estimate of drug-likeness (QED) is 0.812. The van der Waals surface area contributed by atoms with Gasteiger partial charge in [-0.15, -0.1) is 11.3 Å². The standard InChI is InChI=1S/C14H21N3S/c1-4-6-15-8-13-5-7-17(12(13)3)9-14-16-11(2)10-18-14/h5,7,10,15H,4,6,8-9H2,1-3H3. The van der Waals surface area contributed by atoms with Gasteiger partial charge in [-0.2, -0.15) is 0 Å². The van der Waals surface area contributed by atoms with Gasteiger partial charge < -0.3 is 9.88 Å². The van der Waals surface area contributed by atoms with Gasteiger partial charge in [0.2, 0.25) is 0 Å². The van der Waals surface area contributed by atoms with Crippen molar-refractivity contribution in [2.24, 2.45) is 0 Å². The first-order chi connectivity index (χ1) is 8.70. The first kappa shape index (κ1) is 13.3. The molecule has 3 nitrogen and oxygen atoms in total. The lowest BCUT2D eigenvalue weighted by atomic mass is 10.2. The van der Waals surface area contributed by atoms with Gasteiger partial charge in [-0.1, -0.05) is 6.92 Å². The van der Waals surface area contributed by atoms with E-state index in [2.05, 4.69) is 46.4 Å². The van der Waals surface area contributed by atoms with Crippen molar-refractivity contribution in [1.82, 2.24) is 14.9 Å². The van der Waals surface area contributed by atoms with Gasteiger partial charge >= 0.3 is 0 Å². The maximum absolute atomic E-state index is 4.51. The molecule has 2 aromatic heterocycles. The molecule has 1 N–H and O–H groups in total. The second-order valence-corrected chi connectivity index (χ2v) is 5.56. The molecular weight excluding hydrogens is 242 g/mol. The van der Waals surface area contributed by atoms with Crippen LogP contribution in [0, 0.1) is 13.8 Å². The van der Waals surface area contributed by atoms with Crippen molar-refractivity contribution < 1.29 is 0 Å². The molecule has 0 saturated heterocycles. The van der Waals surface area contributed by atoms with Crippen LogP contribution in [0.15, 0.2) is 17.6 Å². The third kappa shape index (κ3) is 3.21. The van der Waals surface area contributed by atoms with E-state index in [1.807, 2.05) is 6.92 Å². The second-order valence-electron chi connectivity index (χ2n) is 4.61. The number of thiazole rings is 1. The van der Waals surface area contributed by atoms with Gasteiger partial charge in [-0.3, -0.25) is 0 Å². The third-order valence-corrected chi connectivity index (χ3v) is 4.02. The highest BCUT2D eigenvalue weighted by molar-refractivity contribution is 7.09. The van der Waals surface area contributed by atoms with E-state index in [1.165, 1.54) is 22.7 Å². The van der Waals surface area contributed by atoms with Crippen LogP contribution in [0.25, 0.3) is 0 Å². The molecule has 2 aromatic rings. The Morgan fingerprint density at radius 3 is 2.89 bits per heavy atom. The lowest BCUT2D eigenvalue weighted by Crippen LogP contribution is -2.14. The van der Waals surface area contributed by atoms with Gasteiger partial charge in [-0.25, -0.2) is 4.98 Å². The Labute approximate surface area is 113 Å². The van der Waals surface area contributed by atoms with Gasteiger partial charge in [0.25, 0.3) is 0 Å². The molecule has 0 atom stereocenters. The predicted molar refractivity (Wildman–Crippen MR) is 77.1 cm³/mol. The molecular formula is C14H21N3S. The molecule has 98 valence electrons. The zero-order chi connectivity index (χ0) is 13.0. The normalized spacial score (nSPS) is 11.1. The maximum atomic E-state index is 4.51. The van der Waals surface area contributed by atoms with Crippen LogP contribution in [0.1, 0.15) is 35.3 Å². The average Bonchev–Trinajstić information content (AvgIpc) is 2.90. The smallest absolute Gasteiger partial charge is 0.113 e. The largest absolute Gasteiger partial charge is 0.345 e. The molecule has 0 fully saturated rings. The minimum absolute atomic E-state index is 0.887. The lowest BCUT2D eigenvalue weighted by molar-refractivity contribution is 0.668. The summed E-state index contributed by atoms with van der Waals surface area (Å²) in [4.78, 5) is 4.51. The van der Waals surface area contributed by atoms with Gasteiger partial charge in [0.15, 0.2) is 0 Å². The van der Waals surface area contributed by atoms with E-state index in [4.69, 9.17) is 0 Å². The molecule has 0 aliphatic rings. The summed E-state index contributed by atoms with van der Waals surface area (Å²) < 4.78 is 2.28. The van der Waals surface area contributed by atoms with Crippen LogP contribution in [0.5, 0.6) is 0 Å². The molecule has 0 aliphatic heterocycles. The Bertz CT molecular complexity index is 499. The lowest BCUT2D eigenvalue weighted by Gasteiger charge is -2.06. The predicted octanol–water partition coefficient (Wildman–Crippen LogP) is 3.11. The second kappa shape index (κ2) is 6.16. The Morgan fingerprint density at radius 1 is 1.39 bits per heavy atom.